The van der Waals surface area contributed by atoms with Crippen molar-refractivity contribution in [2.75, 3.05) is 19.0 Å². The summed E-state index contributed by atoms with van der Waals surface area (Å²) in [6.45, 7) is -0.411. The molecule has 1 aromatic carbocycles. The van der Waals surface area contributed by atoms with E-state index in [4.69, 9.17) is 16.6 Å². The van der Waals surface area contributed by atoms with Gasteiger partial charge in [0.2, 0.25) is 5.91 Å². The minimum absolute atomic E-state index is 0.112. The molecule has 126 valence electrons. The van der Waals surface area contributed by atoms with Crippen molar-refractivity contribution in [2.45, 2.75) is 6.04 Å². The molecule has 1 atom stereocenters. The molecule has 23 heavy (non-hydrogen) atoms. The topological polar surface area (TPSA) is 148 Å². The maximum absolute atomic E-state index is 12.2. The standard InChI is InChI=1S/C12H13I3N4O4/c1-18-3(2-20)12(23)19-9-7(14)4(10(16)21)6(13)5(8(9)15)11(17)22/h3,18,20H,2H2,1H3,(H2,16,21)(H2,17,22)(H,19,23)/t3-/m0/s1. The van der Waals surface area contributed by atoms with E-state index in [1.165, 1.54) is 7.05 Å². The normalized spacial score (nSPS) is 11.9. The number of nitrogens with one attached hydrogen (secondary N) is 2. The Morgan fingerprint density at radius 2 is 1.48 bits per heavy atom. The monoisotopic (exact) mass is 658 g/mol. The second-order valence-electron chi connectivity index (χ2n) is 4.31. The van der Waals surface area contributed by atoms with Gasteiger partial charge in [-0.25, -0.2) is 0 Å². The van der Waals surface area contributed by atoms with Gasteiger partial charge in [0.1, 0.15) is 6.04 Å². The van der Waals surface area contributed by atoms with E-state index in [1.54, 1.807) is 0 Å². The quantitative estimate of drug-likeness (QED) is 0.278. The molecule has 0 radical (unpaired) electrons. The van der Waals surface area contributed by atoms with Gasteiger partial charge in [-0.15, -0.1) is 0 Å². The summed E-state index contributed by atoms with van der Waals surface area (Å²) in [7, 11) is 1.52. The summed E-state index contributed by atoms with van der Waals surface area (Å²) < 4.78 is 1.13. The van der Waals surface area contributed by atoms with Crippen LogP contribution >= 0.6 is 67.8 Å². The first-order chi connectivity index (χ1) is 10.7. The molecule has 0 heterocycles. The number of halogens is 3. The Labute approximate surface area is 172 Å². The highest BCUT2D eigenvalue weighted by Crippen LogP contribution is 2.35. The number of amides is 3. The van der Waals surface area contributed by atoms with E-state index in [9.17, 15) is 14.4 Å². The average Bonchev–Trinajstić information content (AvgIpc) is 2.43. The van der Waals surface area contributed by atoms with Crippen molar-refractivity contribution in [3.05, 3.63) is 21.8 Å². The summed E-state index contributed by atoms with van der Waals surface area (Å²) in [4.78, 5) is 35.6. The zero-order valence-electron chi connectivity index (χ0n) is 11.7. The van der Waals surface area contributed by atoms with E-state index in [0.29, 0.717) is 10.7 Å². The maximum Gasteiger partial charge on any atom is 0.250 e. The van der Waals surface area contributed by atoms with Crippen LogP contribution in [0.15, 0.2) is 0 Å². The lowest BCUT2D eigenvalue weighted by Gasteiger charge is -2.19. The Kier molecular flexibility index (Phi) is 7.88. The Morgan fingerprint density at radius 3 is 1.78 bits per heavy atom. The lowest BCUT2D eigenvalue weighted by atomic mass is 10.1. The van der Waals surface area contributed by atoms with E-state index in [-0.39, 0.29) is 16.8 Å². The van der Waals surface area contributed by atoms with Crippen LogP contribution in [0.2, 0.25) is 0 Å². The van der Waals surface area contributed by atoms with Crippen LogP contribution in [0.4, 0.5) is 5.69 Å². The largest absolute Gasteiger partial charge is 0.394 e. The van der Waals surface area contributed by atoms with E-state index in [0.717, 1.165) is 0 Å². The Bertz CT molecular complexity index is 636. The van der Waals surface area contributed by atoms with E-state index < -0.39 is 30.4 Å². The number of hydrogen-bond donors (Lipinski definition) is 5. The van der Waals surface area contributed by atoms with Crippen LogP contribution in [-0.4, -0.2) is 42.5 Å². The van der Waals surface area contributed by atoms with Gasteiger partial charge in [-0.05, 0) is 74.8 Å². The molecule has 8 nitrogen and oxygen atoms in total. The number of rotatable bonds is 6. The number of primary amides is 2. The Morgan fingerprint density at radius 1 is 1.04 bits per heavy atom. The fraction of sp³-hybridized carbons (Fsp3) is 0.250. The summed E-state index contributed by atoms with van der Waals surface area (Å²) in [5.41, 5.74) is 11.2. The molecule has 0 aliphatic rings. The summed E-state index contributed by atoms with van der Waals surface area (Å²) in [5, 5.41) is 14.4. The smallest absolute Gasteiger partial charge is 0.250 e. The van der Waals surface area contributed by atoms with Crippen molar-refractivity contribution in [3.63, 3.8) is 0 Å². The minimum Gasteiger partial charge on any atom is -0.394 e. The zero-order chi connectivity index (χ0) is 17.9. The molecule has 11 heteroatoms. The van der Waals surface area contributed by atoms with E-state index in [1.807, 2.05) is 67.8 Å². The molecule has 1 aromatic rings. The average molecular weight is 658 g/mol. The molecule has 0 aliphatic carbocycles. The molecular formula is C12H13I3N4O4. The number of benzene rings is 1. The molecule has 0 aromatic heterocycles. The number of nitrogens with two attached hydrogens (primary N) is 2. The summed E-state index contributed by atoms with van der Waals surface area (Å²) in [6.07, 6.45) is 0. The van der Waals surface area contributed by atoms with Gasteiger partial charge in [-0.3, -0.25) is 14.4 Å². The zero-order valence-corrected chi connectivity index (χ0v) is 18.2. The Hall–Kier alpha value is -0.260. The first-order valence-corrected chi connectivity index (χ1v) is 9.29. The molecule has 3 amide bonds. The van der Waals surface area contributed by atoms with Gasteiger partial charge in [-0.2, -0.15) is 0 Å². The van der Waals surface area contributed by atoms with Crippen molar-refractivity contribution < 1.29 is 19.5 Å². The first kappa shape index (κ1) is 20.8. The molecular weight excluding hydrogens is 645 g/mol. The highest BCUT2D eigenvalue weighted by atomic mass is 127. The highest BCUT2D eigenvalue weighted by molar-refractivity contribution is 14.1. The van der Waals surface area contributed by atoms with Gasteiger partial charge in [-0.1, -0.05) is 0 Å². The maximum atomic E-state index is 12.2. The molecule has 0 aliphatic heterocycles. The van der Waals surface area contributed by atoms with Gasteiger partial charge in [0.15, 0.2) is 0 Å². The number of hydrogen-bond acceptors (Lipinski definition) is 5. The predicted octanol–water partition coefficient (Wildman–Crippen LogP) is 0.217. The summed E-state index contributed by atoms with van der Waals surface area (Å²) in [6, 6.07) is -0.838. The number of aliphatic hydroxyl groups is 1. The van der Waals surface area contributed by atoms with Gasteiger partial charge in [0.05, 0.1) is 30.6 Å². The highest BCUT2D eigenvalue weighted by Gasteiger charge is 2.27. The fourth-order valence-electron chi connectivity index (χ4n) is 1.72. The lowest BCUT2D eigenvalue weighted by Crippen LogP contribution is -2.41. The van der Waals surface area contributed by atoms with Crippen LogP contribution in [0.5, 0.6) is 0 Å². The van der Waals surface area contributed by atoms with Gasteiger partial charge >= 0.3 is 0 Å². The third-order valence-electron chi connectivity index (χ3n) is 2.91. The number of carbonyl (C=O) groups excluding carboxylic acids is 3. The molecule has 0 fully saturated rings. The molecule has 0 saturated carbocycles. The number of anilines is 1. The Balaban J connectivity index is 3.57. The van der Waals surface area contributed by atoms with Gasteiger partial charge in [0, 0.05) is 3.57 Å². The van der Waals surface area contributed by atoms with Crippen LogP contribution < -0.4 is 22.1 Å². The molecule has 0 saturated heterocycles. The van der Waals surface area contributed by atoms with Crippen LogP contribution in [0.1, 0.15) is 20.7 Å². The SMILES string of the molecule is CN[C@@H](CO)C(=O)Nc1c(I)c(C(N)=O)c(I)c(C(N)=O)c1I. The van der Waals surface area contributed by atoms with Gasteiger partial charge in [0.25, 0.3) is 11.8 Å². The fourth-order valence-corrected chi connectivity index (χ4v) is 6.22. The lowest BCUT2D eigenvalue weighted by molar-refractivity contribution is -0.118. The summed E-state index contributed by atoms with van der Waals surface area (Å²) in [5.74, 6) is -1.99. The number of aliphatic hydroxyl groups excluding tert-OH is 1. The minimum atomic E-state index is -0.838. The summed E-state index contributed by atoms with van der Waals surface area (Å²) >= 11 is 5.56. The molecule has 0 spiro atoms. The first-order valence-electron chi connectivity index (χ1n) is 6.06. The molecule has 0 bridgehead atoms. The van der Waals surface area contributed by atoms with Crippen LogP contribution in [0, 0.1) is 10.7 Å². The second kappa shape index (κ2) is 8.72. The van der Waals surface area contributed by atoms with E-state index in [2.05, 4.69) is 10.6 Å². The third kappa shape index (κ3) is 4.43. The number of carbonyl (C=O) groups is 3. The van der Waals surface area contributed by atoms with Crippen molar-refractivity contribution in [1.82, 2.24) is 5.32 Å². The van der Waals surface area contributed by atoms with Crippen LogP contribution in [-0.2, 0) is 4.79 Å². The molecule has 1 rings (SSSR count). The van der Waals surface area contributed by atoms with Crippen LogP contribution in [0.25, 0.3) is 0 Å². The van der Waals surface area contributed by atoms with Gasteiger partial charge < -0.3 is 27.2 Å². The van der Waals surface area contributed by atoms with Crippen molar-refractivity contribution in [3.8, 4) is 0 Å². The van der Waals surface area contributed by atoms with E-state index >= 15 is 0 Å². The third-order valence-corrected chi connectivity index (χ3v) is 6.14. The van der Waals surface area contributed by atoms with Crippen molar-refractivity contribution >= 4 is 91.2 Å². The van der Waals surface area contributed by atoms with Crippen molar-refractivity contribution in [2.24, 2.45) is 11.5 Å². The molecule has 0 unspecified atom stereocenters. The van der Waals surface area contributed by atoms with Crippen LogP contribution in [0.3, 0.4) is 0 Å². The number of likely N-dealkylation sites (N-methyl/N-ethyl adjacent to an activating group) is 1. The second-order valence-corrected chi connectivity index (χ2v) is 7.54. The van der Waals surface area contributed by atoms with Crippen molar-refractivity contribution in [1.29, 1.82) is 0 Å². The molecule has 7 N–H and O–H groups in total. The predicted molar refractivity (Wildman–Crippen MR) is 110 cm³/mol.